The van der Waals surface area contributed by atoms with Gasteiger partial charge in [0.15, 0.2) is 0 Å². The maximum atomic E-state index is 10.9. The molecule has 2 unspecified atom stereocenters. The molecule has 0 bridgehead atoms. The van der Waals surface area contributed by atoms with E-state index in [-0.39, 0.29) is 5.92 Å². The van der Waals surface area contributed by atoms with Crippen LogP contribution in [-0.4, -0.2) is 19.1 Å². The van der Waals surface area contributed by atoms with Gasteiger partial charge in [0, 0.05) is 6.42 Å². The van der Waals surface area contributed by atoms with Gasteiger partial charge in [-0.3, -0.25) is 4.79 Å². The lowest BCUT2D eigenvalue weighted by molar-refractivity contribution is -0.143. The predicted molar refractivity (Wildman–Crippen MR) is 44.0 cm³/mol. The SMILES string of the molecule is CCC(CC#N)C(N)C(=O)OC. The summed E-state index contributed by atoms with van der Waals surface area (Å²) < 4.78 is 4.47. The van der Waals surface area contributed by atoms with Crippen LogP contribution < -0.4 is 5.73 Å². The fourth-order valence-corrected chi connectivity index (χ4v) is 0.971. The van der Waals surface area contributed by atoms with Crippen LogP contribution in [-0.2, 0) is 9.53 Å². The summed E-state index contributed by atoms with van der Waals surface area (Å²) in [6, 6.07) is 1.32. The molecule has 4 heteroatoms. The lowest BCUT2D eigenvalue weighted by Crippen LogP contribution is -2.38. The third-order valence-corrected chi connectivity index (χ3v) is 1.86. The number of nitriles is 1. The van der Waals surface area contributed by atoms with E-state index in [9.17, 15) is 4.79 Å². The van der Waals surface area contributed by atoms with Crippen molar-refractivity contribution < 1.29 is 9.53 Å². The molecule has 0 saturated heterocycles. The monoisotopic (exact) mass is 170 g/mol. The van der Waals surface area contributed by atoms with E-state index < -0.39 is 12.0 Å². The lowest BCUT2D eigenvalue weighted by Gasteiger charge is -2.16. The standard InChI is InChI=1S/C8H14N2O2/c1-3-6(4-5-9)7(10)8(11)12-2/h6-7H,3-4,10H2,1-2H3. The summed E-state index contributed by atoms with van der Waals surface area (Å²) in [5.41, 5.74) is 5.54. The molecule has 0 aromatic rings. The Morgan fingerprint density at radius 2 is 2.33 bits per heavy atom. The smallest absolute Gasteiger partial charge is 0.322 e. The van der Waals surface area contributed by atoms with Gasteiger partial charge >= 0.3 is 5.97 Å². The number of nitrogens with zero attached hydrogens (tertiary/aromatic N) is 1. The number of methoxy groups -OCH3 is 1. The van der Waals surface area contributed by atoms with Crippen LogP contribution in [0.25, 0.3) is 0 Å². The number of hydrogen-bond acceptors (Lipinski definition) is 4. The van der Waals surface area contributed by atoms with E-state index in [1.165, 1.54) is 7.11 Å². The molecule has 12 heavy (non-hydrogen) atoms. The van der Waals surface area contributed by atoms with Crippen LogP contribution in [0.3, 0.4) is 0 Å². The zero-order valence-electron chi connectivity index (χ0n) is 7.41. The minimum absolute atomic E-state index is 0.0950. The van der Waals surface area contributed by atoms with Crippen molar-refractivity contribution in [3.8, 4) is 6.07 Å². The van der Waals surface area contributed by atoms with Crippen molar-refractivity contribution in [2.24, 2.45) is 11.7 Å². The summed E-state index contributed by atoms with van der Waals surface area (Å²) in [4.78, 5) is 10.9. The van der Waals surface area contributed by atoms with Crippen LogP contribution in [0.4, 0.5) is 0 Å². The molecule has 0 rings (SSSR count). The van der Waals surface area contributed by atoms with Crippen molar-refractivity contribution in [3.05, 3.63) is 0 Å². The van der Waals surface area contributed by atoms with Crippen LogP contribution in [0.5, 0.6) is 0 Å². The van der Waals surface area contributed by atoms with Gasteiger partial charge in [-0.25, -0.2) is 0 Å². The number of hydrogen-bond donors (Lipinski definition) is 1. The molecule has 0 spiro atoms. The molecule has 0 aliphatic carbocycles. The Kier molecular flexibility index (Phi) is 5.06. The molecule has 0 aromatic heterocycles. The average molecular weight is 170 g/mol. The Morgan fingerprint density at radius 1 is 1.75 bits per heavy atom. The number of carbonyl (C=O) groups is 1. The summed E-state index contributed by atoms with van der Waals surface area (Å²) in [7, 11) is 1.29. The molecule has 0 amide bonds. The van der Waals surface area contributed by atoms with Gasteiger partial charge in [-0.1, -0.05) is 13.3 Å². The van der Waals surface area contributed by atoms with Gasteiger partial charge in [-0.2, -0.15) is 5.26 Å². The summed E-state index contributed by atoms with van der Waals surface area (Å²) in [5, 5.41) is 8.41. The highest BCUT2D eigenvalue weighted by Crippen LogP contribution is 2.11. The third kappa shape index (κ3) is 2.89. The molecule has 0 aliphatic rings. The molecule has 4 nitrogen and oxygen atoms in total. The van der Waals surface area contributed by atoms with E-state index in [4.69, 9.17) is 11.0 Å². The Hall–Kier alpha value is -1.08. The van der Waals surface area contributed by atoms with Crippen molar-refractivity contribution in [1.29, 1.82) is 5.26 Å². The molecule has 0 aromatic carbocycles. The highest BCUT2D eigenvalue weighted by Gasteiger charge is 2.23. The van der Waals surface area contributed by atoms with E-state index in [0.717, 1.165) is 0 Å². The van der Waals surface area contributed by atoms with Crippen molar-refractivity contribution in [3.63, 3.8) is 0 Å². The highest BCUT2D eigenvalue weighted by atomic mass is 16.5. The number of carbonyl (C=O) groups excluding carboxylic acids is 1. The number of esters is 1. The van der Waals surface area contributed by atoms with Crippen molar-refractivity contribution in [2.75, 3.05) is 7.11 Å². The first-order valence-corrected chi connectivity index (χ1v) is 3.87. The normalized spacial score (nSPS) is 14.5. The van der Waals surface area contributed by atoms with E-state index in [1.54, 1.807) is 0 Å². The minimum Gasteiger partial charge on any atom is -0.468 e. The molecular formula is C8H14N2O2. The molecule has 0 fully saturated rings. The molecule has 2 atom stereocenters. The fraction of sp³-hybridized carbons (Fsp3) is 0.750. The molecule has 0 saturated carbocycles. The Morgan fingerprint density at radius 3 is 2.67 bits per heavy atom. The Bertz CT molecular complexity index is 186. The zero-order chi connectivity index (χ0) is 9.56. The molecule has 0 radical (unpaired) electrons. The number of ether oxygens (including phenoxy) is 1. The third-order valence-electron chi connectivity index (χ3n) is 1.86. The van der Waals surface area contributed by atoms with Gasteiger partial charge in [-0.05, 0) is 5.92 Å². The van der Waals surface area contributed by atoms with E-state index in [2.05, 4.69) is 4.74 Å². The maximum Gasteiger partial charge on any atom is 0.322 e. The van der Waals surface area contributed by atoms with Crippen LogP contribution >= 0.6 is 0 Å². The molecule has 2 N–H and O–H groups in total. The summed E-state index contributed by atoms with van der Waals surface area (Å²) in [6.45, 7) is 1.89. The van der Waals surface area contributed by atoms with Gasteiger partial charge in [0.25, 0.3) is 0 Å². The van der Waals surface area contributed by atoms with E-state index in [1.807, 2.05) is 13.0 Å². The van der Waals surface area contributed by atoms with Crippen LogP contribution in [0.2, 0.25) is 0 Å². The Balaban J connectivity index is 4.12. The van der Waals surface area contributed by atoms with Crippen LogP contribution in [0, 0.1) is 17.2 Å². The van der Waals surface area contributed by atoms with Crippen molar-refractivity contribution >= 4 is 5.97 Å². The molecule has 0 heterocycles. The van der Waals surface area contributed by atoms with Gasteiger partial charge in [0.1, 0.15) is 6.04 Å². The lowest BCUT2D eigenvalue weighted by atomic mass is 9.95. The highest BCUT2D eigenvalue weighted by molar-refractivity contribution is 5.75. The zero-order valence-corrected chi connectivity index (χ0v) is 7.41. The first kappa shape index (κ1) is 10.9. The first-order chi connectivity index (χ1) is 5.67. The van der Waals surface area contributed by atoms with Crippen molar-refractivity contribution in [1.82, 2.24) is 0 Å². The topological polar surface area (TPSA) is 76.1 Å². The average Bonchev–Trinajstić information content (AvgIpc) is 2.11. The fourth-order valence-electron chi connectivity index (χ4n) is 0.971. The number of nitrogens with two attached hydrogens (primary N) is 1. The predicted octanol–water partition coefficient (Wildman–Crippen LogP) is 0.427. The van der Waals surface area contributed by atoms with Gasteiger partial charge in [0.05, 0.1) is 13.2 Å². The van der Waals surface area contributed by atoms with E-state index >= 15 is 0 Å². The van der Waals surface area contributed by atoms with Gasteiger partial charge in [0.2, 0.25) is 0 Å². The second-order valence-electron chi connectivity index (χ2n) is 2.58. The minimum atomic E-state index is -0.667. The summed E-state index contributed by atoms with van der Waals surface area (Å²) >= 11 is 0. The Labute approximate surface area is 72.3 Å². The molecule has 68 valence electrons. The summed E-state index contributed by atoms with van der Waals surface area (Å²) in [5.74, 6) is -0.542. The second-order valence-corrected chi connectivity index (χ2v) is 2.58. The largest absolute Gasteiger partial charge is 0.468 e. The molecule has 0 aliphatic heterocycles. The number of rotatable bonds is 4. The quantitative estimate of drug-likeness (QED) is 0.620. The first-order valence-electron chi connectivity index (χ1n) is 3.87. The second kappa shape index (κ2) is 5.56. The van der Waals surface area contributed by atoms with Crippen LogP contribution in [0.1, 0.15) is 19.8 Å². The van der Waals surface area contributed by atoms with Crippen molar-refractivity contribution in [2.45, 2.75) is 25.8 Å². The summed E-state index contributed by atoms with van der Waals surface area (Å²) in [6.07, 6.45) is 1.01. The van der Waals surface area contributed by atoms with Gasteiger partial charge < -0.3 is 10.5 Å². The van der Waals surface area contributed by atoms with Gasteiger partial charge in [-0.15, -0.1) is 0 Å². The molecular weight excluding hydrogens is 156 g/mol. The van der Waals surface area contributed by atoms with E-state index in [0.29, 0.717) is 12.8 Å². The van der Waals surface area contributed by atoms with Crippen LogP contribution in [0.15, 0.2) is 0 Å². The maximum absolute atomic E-state index is 10.9.